The number of nitrogens with zero attached hydrogens (tertiary/aromatic N) is 1. The number of para-hydroxylation sites is 1. The van der Waals surface area contributed by atoms with Crippen LogP contribution in [-0.4, -0.2) is 22.4 Å². The molecule has 1 aromatic rings. The first kappa shape index (κ1) is 12.8. The molecule has 102 valence electrons. The van der Waals surface area contributed by atoms with Gasteiger partial charge in [0, 0.05) is 18.4 Å². The molecule has 4 nitrogen and oxygen atoms in total. The van der Waals surface area contributed by atoms with Crippen molar-refractivity contribution in [2.24, 2.45) is 10.4 Å². The van der Waals surface area contributed by atoms with Crippen molar-refractivity contribution in [2.45, 2.75) is 26.7 Å². The summed E-state index contributed by atoms with van der Waals surface area (Å²) in [5, 5.41) is 10.2. The van der Waals surface area contributed by atoms with E-state index in [0.717, 1.165) is 0 Å². The minimum Gasteiger partial charge on any atom is -0.511 e. The lowest BCUT2D eigenvalue weighted by molar-refractivity contribution is -0.117. The lowest BCUT2D eigenvalue weighted by atomic mass is 9.75. The van der Waals surface area contributed by atoms with Gasteiger partial charge in [0.15, 0.2) is 5.78 Å². The number of allylic oxidation sites excluding steroid dienone is 2. The molecule has 1 aliphatic carbocycles. The summed E-state index contributed by atoms with van der Waals surface area (Å²) in [7, 11) is 0. The first-order chi connectivity index (χ1) is 9.39. The van der Waals surface area contributed by atoms with E-state index in [1.807, 2.05) is 13.8 Å². The van der Waals surface area contributed by atoms with Crippen molar-refractivity contribution in [3.05, 3.63) is 41.2 Å². The van der Waals surface area contributed by atoms with Crippen LogP contribution in [0.15, 0.2) is 40.6 Å². The summed E-state index contributed by atoms with van der Waals surface area (Å²) in [6, 6.07) is 6.96. The Morgan fingerprint density at radius 3 is 2.50 bits per heavy atom. The van der Waals surface area contributed by atoms with Gasteiger partial charge in [0.2, 0.25) is 5.78 Å². The largest absolute Gasteiger partial charge is 0.511 e. The molecule has 2 aliphatic rings. The number of aliphatic hydroxyl groups excluding tert-OH is 1. The fourth-order valence-corrected chi connectivity index (χ4v) is 2.79. The van der Waals surface area contributed by atoms with E-state index in [-0.39, 0.29) is 34.0 Å². The maximum absolute atomic E-state index is 12.3. The Morgan fingerprint density at radius 2 is 1.85 bits per heavy atom. The van der Waals surface area contributed by atoms with E-state index in [1.165, 1.54) is 0 Å². The van der Waals surface area contributed by atoms with E-state index in [9.17, 15) is 14.7 Å². The zero-order valence-corrected chi connectivity index (χ0v) is 11.4. The molecule has 0 spiro atoms. The van der Waals surface area contributed by atoms with Crippen LogP contribution in [-0.2, 0) is 4.79 Å². The maximum Gasteiger partial charge on any atom is 0.214 e. The van der Waals surface area contributed by atoms with Gasteiger partial charge in [0.05, 0.1) is 11.3 Å². The minimum atomic E-state index is -0.282. The van der Waals surface area contributed by atoms with Gasteiger partial charge in [-0.3, -0.25) is 9.59 Å². The van der Waals surface area contributed by atoms with Crippen molar-refractivity contribution in [3.8, 4) is 0 Å². The molecule has 0 saturated heterocycles. The normalized spacial score (nSPS) is 21.0. The molecular weight excluding hydrogens is 254 g/mol. The van der Waals surface area contributed by atoms with Gasteiger partial charge in [0.1, 0.15) is 11.5 Å². The number of carbonyl (C=O) groups is 2. The molecule has 0 bridgehead atoms. The second kappa shape index (κ2) is 4.13. The number of carbonyl (C=O) groups excluding carboxylic acids is 2. The summed E-state index contributed by atoms with van der Waals surface area (Å²) < 4.78 is 0. The lowest BCUT2D eigenvalue weighted by Crippen LogP contribution is -2.31. The Bertz CT molecular complexity index is 695. The summed E-state index contributed by atoms with van der Waals surface area (Å²) in [4.78, 5) is 28.8. The molecule has 1 aromatic carbocycles. The number of hydrogen-bond donors (Lipinski definition) is 1. The zero-order chi connectivity index (χ0) is 14.5. The van der Waals surface area contributed by atoms with Crippen molar-refractivity contribution in [1.29, 1.82) is 0 Å². The van der Waals surface area contributed by atoms with Crippen molar-refractivity contribution in [1.82, 2.24) is 0 Å². The number of Topliss-reactive ketones (excluding diaryl/α,β-unsaturated/α-hetero) is 2. The number of benzene rings is 1. The van der Waals surface area contributed by atoms with Gasteiger partial charge in [-0.05, 0) is 17.5 Å². The average molecular weight is 269 g/mol. The van der Waals surface area contributed by atoms with E-state index in [4.69, 9.17) is 0 Å². The minimum absolute atomic E-state index is 0.0221. The van der Waals surface area contributed by atoms with E-state index in [1.54, 1.807) is 24.3 Å². The van der Waals surface area contributed by atoms with Crippen LogP contribution < -0.4 is 0 Å². The van der Waals surface area contributed by atoms with Crippen LogP contribution in [0.25, 0.3) is 0 Å². The third-order valence-corrected chi connectivity index (χ3v) is 3.69. The van der Waals surface area contributed by atoms with E-state index in [2.05, 4.69) is 4.99 Å². The van der Waals surface area contributed by atoms with E-state index in [0.29, 0.717) is 24.1 Å². The van der Waals surface area contributed by atoms with Gasteiger partial charge in [0.25, 0.3) is 0 Å². The molecule has 0 fully saturated rings. The Balaban J connectivity index is 2.08. The van der Waals surface area contributed by atoms with Crippen molar-refractivity contribution < 1.29 is 14.7 Å². The van der Waals surface area contributed by atoms with Gasteiger partial charge in [-0.1, -0.05) is 26.0 Å². The summed E-state index contributed by atoms with van der Waals surface area (Å²) in [5.74, 6) is -0.514. The average Bonchev–Trinajstić information content (AvgIpc) is 2.65. The highest BCUT2D eigenvalue weighted by atomic mass is 16.3. The van der Waals surface area contributed by atoms with Crippen molar-refractivity contribution >= 4 is 23.0 Å². The molecule has 1 N–H and O–H groups in total. The number of aliphatic hydroxyl groups is 1. The number of hydrogen-bond acceptors (Lipinski definition) is 4. The molecule has 0 radical (unpaired) electrons. The molecule has 1 aliphatic heterocycles. The van der Waals surface area contributed by atoms with Crippen LogP contribution in [0.1, 0.15) is 37.0 Å². The van der Waals surface area contributed by atoms with Gasteiger partial charge < -0.3 is 5.11 Å². The van der Waals surface area contributed by atoms with Gasteiger partial charge in [-0.15, -0.1) is 0 Å². The summed E-state index contributed by atoms with van der Waals surface area (Å²) >= 11 is 0. The van der Waals surface area contributed by atoms with Crippen LogP contribution in [0.2, 0.25) is 0 Å². The number of ketones is 2. The number of rotatable bonds is 1. The Labute approximate surface area is 116 Å². The summed E-state index contributed by atoms with van der Waals surface area (Å²) in [6.07, 6.45) is 0.700. The van der Waals surface area contributed by atoms with E-state index >= 15 is 0 Å². The van der Waals surface area contributed by atoms with Crippen molar-refractivity contribution in [2.75, 3.05) is 0 Å². The van der Waals surface area contributed by atoms with Crippen LogP contribution in [0.4, 0.5) is 5.69 Å². The summed E-state index contributed by atoms with van der Waals surface area (Å²) in [6.45, 7) is 3.84. The van der Waals surface area contributed by atoms with Crippen LogP contribution in [0.3, 0.4) is 0 Å². The Morgan fingerprint density at radius 1 is 1.15 bits per heavy atom. The number of fused-ring (bicyclic) bond motifs is 1. The first-order valence-electron chi connectivity index (χ1n) is 6.57. The lowest BCUT2D eigenvalue weighted by Gasteiger charge is -2.29. The van der Waals surface area contributed by atoms with Gasteiger partial charge in [-0.25, -0.2) is 4.99 Å². The quantitative estimate of drug-likeness (QED) is 0.851. The number of aliphatic imine (C=N–C) groups is 1. The highest BCUT2D eigenvalue weighted by molar-refractivity contribution is 6.59. The molecule has 0 atom stereocenters. The zero-order valence-electron chi connectivity index (χ0n) is 11.4. The third kappa shape index (κ3) is 1.88. The Hall–Kier alpha value is -2.23. The highest BCUT2D eigenvalue weighted by Crippen LogP contribution is 2.38. The third-order valence-electron chi connectivity index (χ3n) is 3.69. The first-order valence-corrected chi connectivity index (χ1v) is 6.57. The molecule has 0 unspecified atom stereocenters. The molecule has 0 saturated carbocycles. The second-order valence-electron chi connectivity index (χ2n) is 6.07. The topological polar surface area (TPSA) is 66.7 Å². The smallest absolute Gasteiger partial charge is 0.214 e. The van der Waals surface area contributed by atoms with Crippen molar-refractivity contribution in [3.63, 3.8) is 0 Å². The van der Waals surface area contributed by atoms with Gasteiger partial charge >= 0.3 is 0 Å². The van der Waals surface area contributed by atoms with Crippen LogP contribution >= 0.6 is 0 Å². The highest BCUT2D eigenvalue weighted by Gasteiger charge is 2.39. The van der Waals surface area contributed by atoms with Crippen LogP contribution in [0.5, 0.6) is 0 Å². The molecule has 0 aromatic heterocycles. The maximum atomic E-state index is 12.3. The van der Waals surface area contributed by atoms with Crippen LogP contribution in [0, 0.1) is 5.41 Å². The molecule has 4 heteroatoms. The van der Waals surface area contributed by atoms with Gasteiger partial charge in [-0.2, -0.15) is 0 Å². The standard InChI is InChI=1S/C16H15NO3/c1-16(2)7-11(18)13(12(19)8-16)14-15(20)9-5-3-4-6-10(9)17-14/h3-6,18H,7-8H2,1-2H3. The molecular formula is C16H15NO3. The molecule has 1 heterocycles. The predicted octanol–water partition coefficient (Wildman–Crippen LogP) is 3.16. The SMILES string of the molecule is CC1(C)CC(=O)C(C2=Nc3ccccc3C2=O)=C(O)C1. The predicted molar refractivity (Wildman–Crippen MR) is 75.5 cm³/mol. The fraction of sp³-hybridized carbons (Fsp3) is 0.312. The van der Waals surface area contributed by atoms with E-state index < -0.39 is 0 Å². The Kier molecular flexibility index (Phi) is 2.64. The molecule has 20 heavy (non-hydrogen) atoms. The molecule has 0 amide bonds. The summed E-state index contributed by atoms with van der Waals surface area (Å²) in [5.41, 5.74) is 0.959. The fourth-order valence-electron chi connectivity index (χ4n) is 2.79. The monoisotopic (exact) mass is 269 g/mol. The second-order valence-corrected chi connectivity index (χ2v) is 6.07. The molecule has 3 rings (SSSR count).